The summed E-state index contributed by atoms with van der Waals surface area (Å²) < 4.78 is 2.30. The van der Waals surface area contributed by atoms with Crippen molar-refractivity contribution in [1.29, 1.82) is 0 Å². The van der Waals surface area contributed by atoms with E-state index in [0.717, 1.165) is 48.4 Å². The minimum Gasteiger partial charge on any atom is -0.327 e. The highest BCUT2D eigenvalue weighted by atomic mass is 16.5. The van der Waals surface area contributed by atoms with Crippen molar-refractivity contribution in [2.24, 2.45) is 0 Å². The van der Waals surface area contributed by atoms with E-state index in [-0.39, 0.29) is 0 Å². The molecule has 1 heterocycles. The second-order valence-electron chi connectivity index (χ2n) is 6.86. The van der Waals surface area contributed by atoms with Crippen LogP contribution < -0.4 is 10.8 Å². The first-order valence-corrected chi connectivity index (χ1v) is 9.95. The molecule has 0 aliphatic carbocycles. The quantitative estimate of drug-likeness (QED) is 0.230. The number of nitrogens with zero attached hydrogens (tertiary/aromatic N) is 2. The van der Waals surface area contributed by atoms with Crippen LogP contribution in [0.4, 0.5) is 0 Å². The molecule has 27 heavy (non-hydrogen) atoms. The van der Waals surface area contributed by atoms with Gasteiger partial charge in [0.15, 0.2) is 0 Å². The summed E-state index contributed by atoms with van der Waals surface area (Å²) in [5.41, 5.74) is 4.55. The molecule has 1 aromatic heterocycles. The number of nitrogens with one attached hydrogen (secondary N) is 2. The molecule has 0 unspecified atom stereocenters. The molecule has 0 atom stereocenters. The number of unbranched alkanes of at least 4 members (excludes halogenated alkanes) is 5. The molecule has 0 aliphatic rings. The average molecular weight is 373 g/mol. The third-order valence-corrected chi connectivity index (χ3v) is 4.73. The number of rotatable bonds is 12. The van der Waals surface area contributed by atoms with Gasteiger partial charge in [-0.05, 0) is 37.2 Å². The highest BCUT2D eigenvalue weighted by Crippen LogP contribution is 2.20. The van der Waals surface area contributed by atoms with Crippen molar-refractivity contribution in [2.45, 2.75) is 58.4 Å². The Morgan fingerprint density at radius 3 is 2.74 bits per heavy atom. The first-order valence-electron chi connectivity index (χ1n) is 9.95. The van der Waals surface area contributed by atoms with Crippen molar-refractivity contribution in [3.63, 3.8) is 0 Å². The van der Waals surface area contributed by atoms with E-state index in [2.05, 4.69) is 22.9 Å². The number of aryl methyl sites for hydroxylation is 1. The Bertz CT molecular complexity index is 752. The second kappa shape index (κ2) is 11.5. The standard InChI is InChI=1S/C21H32N4O2/c1-3-4-5-6-7-8-9-20-23-18-16-17(11-13-21(26)24-27)10-12-19(18)25(20)15-14-22-2/h10-13,16,22,27H,3-9,14-15H2,1-2H3,(H,24,26). The van der Waals surface area contributed by atoms with E-state index in [1.165, 1.54) is 38.2 Å². The minimum absolute atomic E-state index is 0.543. The van der Waals surface area contributed by atoms with Crippen molar-refractivity contribution >= 4 is 23.0 Å². The summed E-state index contributed by atoms with van der Waals surface area (Å²) in [5, 5.41) is 11.8. The maximum Gasteiger partial charge on any atom is 0.267 e. The molecule has 0 bridgehead atoms. The van der Waals surface area contributed by atoms with Gasteiger partial charge in [-0.25, -0.2) is 10.5 Å². The summed E-state index contributed by atoms with van der Waals surface area (Å²) in [5.74, 6) is 0.586. The van der Waals surface area contributed by atoms with Crippen molar-refractivity contribution in [3.8, 4) is 0 Å². The molecule has 3 N–H and O–H groups in total. The Labute approximate surface area is 161 Å². The highest BCUT2D eigenvalue weighted by Gasteiger charge is 2.10. The van der Waals surface area contributed by atoms with E-state index < -0.39 is 5.91 Å². The number of imidazole rings is 1. The predicted molar refractivity (Wildman–Crippen MR) is 110 cm³/mol. The summed E-state index contributed by atoms with van der Waals surface area (Å²) in [6, 6.07) is 6.01. The Balaban J connectivity index is 2.13. The maximum absolute atomic E-state index is 11.2. The van der Waals surface area contributed by atoms with Crippen LogP contribution in [0.1, 0.15) is 56.8 Å². The minimum atomic E-state index is -0.543. The fourth-order valence-corrected chi connectivity index (χ4v) is 3.24. The van der Waals surface area contributed by atoms with Gasteiger partial charge < -0.3 is 9.88 Å². The van der Waals surface area contributed by atoms with E-state index in [4.69, 9.17) is 10.2 Å². The molecule has 0 saturated carbocycles. The number of aromatic nitrogens is 2. The van der Waals surface area contributed by atoms with Gasteiger partial charge in [-0.15, -0.1) is 0 Å². The van der Waals surface area contributed by atoms with Crippen LogP contribution >= 0.6 is 0 Å². The average Bonchev–Trinajstić information content (AvgIpc) is 3.03. The van der Waals surface area contributed by atoms with Crippen molar-refractivity contribution in [1.82, 2.24) is 20.3 Å². The zero-order chi connectivity index (χ0) is 19.5. The number of fused-ring (bicyclic) bond motifs is 1. The number of carbonyl (C=O) groups is 1. The van der Waals surface area contributed by atoms with Crippen molar-refractivity contribution < 1.29 is 10.0 Å². The third kappa shape index (κ3) is 6.48. The fourth-order valence-electron chi connectivity index (χ4n) is 3.24. The van der Waals surface area contributed by atoms with Gasteiger partial charge >= 0.3 is 0 Å². The van der Waals surface area contributed by atoms with Gasteiger partial charge in [-0.3, -0.25) is 10.0 Å². The molecule has 2 aromatic rings. The lowest BCUT2D eigenvalue weighted by atomic mass is 10.1. The van der Waals surface area contributed by atoms with Gasteiger partial charge in [0.1, 0.15) is 5.82 Å². The largest absolute Gasteiger partial charge is 0.327 e. The van der Waals surface area contributed by atoms with Crippen LogP contribution in [0, 0.1) is 0 Å². The number of hydrogen-bond donors (Lipinski definition) is 3. The van der Waals surface area contributed by atoms with Crippen LogP contribution in [0.25, 0.3) is 17.1 Å². The predicted octanol–water partition coefficient (Wildman–Crippen LogP) is 3.68. The molecule has 1 aromatic carbocycles. The van der Waals surface area contributed by atoms with Crippen LogP contribution in [-0.4, -0.2) is 34.3 Å². The van der Waals surface area contributed by atoms with Crippen LogP contribution in [-0.2, 0) is 17.8 Å². The summed E-state index contributed by atoms with van der Waals surface area (Å²) in [6.07, 6.45) is 11.6. The Morgan fingerprint density at radius 1 is 1.22 bits per heavy atom. The molecule has 0 saturated heterocycles. The van der Waals surface area contributed by atoms with E-state index in [1.807, 2.05) is 19.2 Å². The Hall–Kier alpha value is -2.18. The van der Waals surface area contributed by atoms with Gasteiger partial charge in [0.2, 0.25) is 0 Å². The van der Waals surface area contributed by atoms with E-state index in [9.17, 15) is 4.79 Å². The third-order valence-electron chi connectivity index (χ3n) is 4.73. The lowest BCUT2D eigenvalue weighted by molar-refractivity contribution is -0.124. The molecule has 0 spiro atoms. The van der Waals surface area contributed by atoms with Gasteiger partial charge in [0, 0.05) is 25.6 Å². The zero-order valence-corrected chi connectivity index (χ0v) is 16.5. The molecule has 0 aliphatic heterocycles. The normalized spacial score (nSPS) is 11.5. The molecule has 6 heteroatoms. The molecule has 6 nitrogen and oxygen atoms in total. The molecule has 0 fully saturated rings. The van der Waals surface area contributed by atoms with Gasteiger partial charge in [-0.1, -0.05) is 45.1 Å². The Morgan fingerprint density at radius 2 is 2.00 bits per heavy atom. The van der Waals surface area contributed by atoms with Gasteiger partial charge in [0.05, 0.1) is 11.0 Å². The number of hydroxylamine groups is 1. The van der Waals surface area contributed by atoms with E-state index >= 15 is 0 Å². The summed E-state index contributed by atoms with van der Waals surface area (Å²) in [6.45, 7) is 4.03. The first-order chi connectivity index (χ1) is 13.2. The first kappa shape index (κ1) is 21.1. The van der Waals surface area contributed by atoms with Crippen LogP contribution in [0.5, 0.6) is 0 Å². The lowest BCUT2D eigenvalue weighted by Crippen LogP contribution is -2.16. The molecular weight excluding hydrogens is 340 g/mol. The lowest BCUT2D eigenvalue weighted by Gasteiger charge is -2.09. The van der Waals surface area contributed by atoms with Crippen molar-refractivity contribution in [2.75, 3.05) is 13.6 Å². The number of benzene rings is 1. The highest BCUT2D eigenvalue weighted by molar-refractivity contribution is 5.91. The second-order valence-corrected chi connectivity index (χ2v) is 6.86. The number of carbonyl (C=O) groups excluding carboxylic acids is 1. The van der Waals surface area contributed by atoms with Crippen LogP contribution in [0.3, 0.4) is 0 Å². The molecule has 0 radical (unpaired) electrons. The summed E-state index contributed by atoms with van der Waals surface area (Å²) in [7, 11) is 1.96. The maximum atomic E-state index is 11.2. The smallest absolute Gasteiger partial charge is 0.267 e. The van der Waals surface area contributed by atoms with E-state index in [0.29, 0.717) is 0 Å². The fraction of sp³-hybridized carbons (Fsp3) is 0.524. The monoisotopic (exact) mass is 372 g/mol. The molecular formula is C21H32N4O2. The molecule has 148 valence electrons. The zero-order valence-electron chi connectivity index (χ0n) is 16.5. The summed E-state index contributed by atoms with van der Waals surface area (Å²) >= 11 is 0. The molecule has 1 amide bonds. The Kier molecular flexibility index (Phi) is 9.01. The topological polar surface area (TPSA) is 79.2 Å². The van der Waals surface area contributed by atoms with Gasteiger partial charge in [0.25, 0.3) is 5.91 Å². The van der Waals surface area contributed by atoms with Crippen LogP contribution in [0.15, 0.2) is 24.3 Å². The van der Waals surface area contributed by atoms with E-state index in [1.54, 1.807) is 11.6 Å². The van der Waals surface area contributed by atoms with Crippen molar-refractivity contribution in [3.05, 3.63) is 35.7 Å². The van der Waals surface area contributed by atoms with Crippen LogP contribution in [0.2, 0.25) is 0 Å². The van der Waals surface area contributed by atoms with Gasteiger partial charge in [-0.2, -0.15) is 0 Å². The summed E-state index contributed by atoms with van der Waals surface area (Å²) in [4.78, 5) is 16.0. The number of amides is 1. The number of hydrogen-bond acceptors (Lipinski definition) is 4. The SMILES string of the molecule is CCCCCCCCc1nc2cc(C=CC(=O)NO)ccc2n1CCNC. The number of likely N-dealkylation sites (N-methyl/N-ethyl adjacent to an activating group) is 1. The molecule has 2 rings (SSSR count).